The normalized spacial score (nSPS) is 13.3. The zero-order valence-corrected chi connectivity index (χ0v) is 14.6. The molecule has 0 N–H and O–H groups in total. The van der Waals surface area contributed by atoms with Crippen molar-refractivity contribution in [2.75, 3.05) is 6.54 Å². The topological polar surface area (TPSA) is 63.4 Å². The van der Waals surface area contributed by atoms with E-state index in [1.807, 2.05) is 58.1 Å². The Labute approximate surface area is 156 Å². The third-order valence-corrected chi connectivity index (χ3v) is 4.91. The van der Waals surface area contributed by atoms with Crippen LogP contribution in [-0.4, -0.2) is 36.7 Å². The zero-order valence-electron chi connectivity index (χ0n) is 14.6. The first-order chi connectivity index (χ1) is 13.3. The van der Waals surface area contributed by atoms with Gasteiger partial charge in [0.15, 0.2) is 0 Å². The summed E-state index contributed by atoms with van der Waals surface area (Å²) in [5.41, 5.74) is 5.35. The van der Waals surface area contributed by atoms with E-state index < -0.39 is 0 Å². The molecule has 0 atom stereocenters. The molecule has 5 rings (SSSR count). The van der Waals surface area contributed by atoms with Gasteiger partial charge in [0.1, 0.15) is 5.65 Å². The number of amides is 1. The molecule has 0 bridgehead atoms. The van der Waals surface area contributed by atoms with E-state index in [4.69, 9.17) is 0 Å². The Morgan fingerprint density at radius 2 is 1.93 bits per heavy atom. The molecule has 132 valence electrons. The van der Waals surface area contributed by atoms with Gasteiger partial charge in [-0.05, 0) is 41.5 Å². The van der Waals surface area contributed by atoms with E-state index >= 15 is 0 Å². The maximum absolute atomic E-state index is 13.0. The monoisotopic (exact) mass is 355 g/mol. The highest BCUT2D eigenvalue weighted by molar-refractivity contribution is 6.03. The zero-order chi connectivity index (χ0) is 18.2. The highest BCUT2D eigenvalue weighted by Gasteiger charge is 2.31. The first-order valence-electron chi connectivity index (χ1n) is 8.90. The van der Waals surface area contributed by atoms with Crippen LogP contribution in [-0.2, 0) is 13.0 Å². The van der Waals surface area contributed by atoms with E-state index in [0.717, 1.165) is 28.2 Å². The van der Waals surface area contributed by atoms with Crippen molar-refractivity contribution in [2.45, 2.75) is 13.0 Å². The number of nitrogens with zero attached hydrogens (tertiary/aromatic N) is 5. The fourth-order valence-electron chi connectivity index (χ4n) is 3.58. The van der Waals surface area contributed by atoms with Crippen LogP contribution >= 0.6 is 0 Å². The summed E-state index contributed by atoms with van der Waals surface area (Å²) in [5.74, 6) is 0.0358. The molecule has 0 saturated carbocycles. The van der Waals surface area contributed by atoms with Gasteiger partial charge in [-0.15, -0.1) is 0 Å². The fourth-order valence-corrected chi connectivity index (χ4v) is 3.58. The predicted molar refractivity (Wildman–Crippen MR) is 101 cm³/mol. The first-order valence-corrected chi connectivity index (χ1v) is 8.90. The minimum atomic E-state index is 0.0358. The molecule has 0 saturated heterocycles. The molecule has 1 aliphatic heterocycles. The van der Waals surface area contributed by atoms with E-state index in [9.17, 15) is 4.79 Å². The molecule has 4 aromatic rings. The molecular weight excluding hydrogens is 338 g/mol. The second-order valence-corrected chi connectivity index (χ2v) is 6.59. The van der Waals surface area contributed by atoms with Gasteiger partial charge in [-0.2, -0.15) is 0 Å². The lowest BCUT2D eigenvalue weighted by Gasteiger charge is -2.14. The Hall–Kier alpha value is -3.54. The molecule has 5 heterocycles. The lowest BCUT2D eigenvalue weighted by molar-refractivity contribution is 0.0780. The van der Waals surface area contributed by atoms with Gasteiger partial charge in [0.2, 0.25) is 0 Å². The van der Waals surface area contributed by atoms with Gasteiger partial charge in [0.25, 0.3) is 5.91 Å². The summed E-state index contributed by atoms with van der Waals surface area (Å²) in [7, 11) is 0. The summed E-state index contributed by atoms with van der Waals surface area (Å²) in [6.07, 6.45) is 9.96. The van der Waals surface area contributed by atoms with Crippen LogP contribution in [0.4, 0.5) is 0 Å². The molecule has 6 heteroatoms. The molecule has 0 radical (unpaired) electrons. The molecule has 0 aromatic carbocycles. The molecule has 0 aliphatic carbocycles. The Morgan fingerprint density at radius 1 is 1.04 bits per heavy atom. The van der Waals surface area contributed by atoms with Crippen LogP contribution in [0.15, 0.2) is 67.4 Å². The largest absolute Gasteiger partial charge is 0.332 e. The molecule has 6 nitrogen and oxygen atoms in total. The second-order valence-electron chi connectivity index (χ2n) is 6.59. The highest BCUT2D eigenvalue weighted by Crippen LogP contribution is 2.31. The third-order valence-electron chi connectivity index (χ3n) is 4.91. The Kier molecular flexibility index (Phi) is 3.67. The number of hydrogen-bond acceptors (Lipinski definition) is 4. The number of pyridine rings is 3. The minimum Gasteiger partial charge on any atom is -0.332 e. The molecule has 0 spiro atoms. The van der Waals surface area contributed by atoms with E-state index in [2.05, 4.69) is 15.0 Å². The predicted octanol–water partition coefficient (Wildman–Crippen LogP) is 2.99. The van der Waals surface area contributed by atoms with Gasteiger partial charge < -0.3 is 9.30 Å². The van der Waals surface area contributed by atoms with Crippen molar-refractivity contribution >= 4 is 11.6 Å². The van der Waals surface area contributed by atoms with Crippen molar-refractivity contribution in [3.63, 3.8) is 0 Å². The van der Waals surface area contributed by atoms with Gasteiger partial charge in [0.05, 0.1) is 23.5 Å². The standard InChI is InChI=1S/C21H17N5O/c27-21-20-17(15-4-8-22-9-5-15)6-10-23-18(20)14-26(21)12-7-16-13-25-11-2-1-3-19(25)24-16/h1-6,8-11,13H,7,12,14H2. The highest BCUT2D eigenvalue weighted by atomic mass is 16.2. The summed E-state index contributed by atoms with van der Waals surface area (Å²) in [6.45, 7) is 1.16. The number of imidazole rings is 1. The van der Waals surface area contributed by atoms with E-state index in [1.54, 1.807) is 18.6 Å². The summed E-state index contributed by atoms with van der Waals surface area (Å²) < 4.78 is 2.00. The molecule has 0 unspecified atom stereocenters. The van der Waals surface area contributed by atoms with Crippen molar-refractivity contribution < 1.29 is 4.79 Å². The van der Waals surface area contributed by atoms with Gasteiger partial charge in [-0.25, -0.2) is 4.98 Å². The van der Waals surface area contributed by atoms with Gasteiger partial charge in [-0.3, -0.25) is 14.8 Å². The number of rotatable bonds is 4. The van der Waals surface area contributed by atoms with Crippen LogP contribution in [0.25, 0.3) is 16.8 Å². The van der Waals surface area contributed by atoms with E-state index in [0.29, 0.717) is 25.1 Å². The first kappa shape index (κ1) is 15.7. The Morgan fingerprint density at radius 3 is 2.78 bits per heavy atom. The van der Waals surface area contributed by atoms with E-state index in [-0.39, 0.29) is 5.91 Å². The molecule has 27 heavy (non-hydrogen) atoms. The van der Waals surface area contributed by atoms with Crippen LogP contribution in [0.5, 0.6) is 0 Å². The number of aromatic nitrogens is 4. The summed E-state index contributed by atoms with van der Waals surface area (Å²) in [4.78, 5) is 28.0. The summed E-state index contributed by atoms with van der Waals surface area (Å²) in [5, 5.41) is 0. The Balaban J connectivity index is 1.39. The van der Waals surface area contributed by atoms with Crippen LogP contribution < -0.4 is 0 Å². The van der Waals surface area contributed by atoms with Crippen molar-refractivity contribution in [1.82, 2.24) is 24.3 Å². The Bertz CT molecular complexity index is 1100. The lowest BCUT2D eigenvalue weighted by atomic mass is 10.0. The molecule has 1 amide bonds. The number of fused-ring (bicyclic) bond motifs is 2. The molecule has 4 aromatic heterocycles. The molecule has 0 fully saturated rings. The van der Waals surface area contributed by atoms with Crippen molar-refractivity contribution in [2.24, 2.45) is 0 Å². The van der Waals surface area contributed by atoms with Crippen LogP contribution in [0.1, 0.15) is 21.7 Å². The SMILES string of the molecule is O=C1c2c(-c3ccncc3)ccnc2CN1CCc1cn2ccccc2n1. The second kappa shape index (κ2) is 6.32. The molecular formula is C21H17N5O. The van der Waals surface area contributed by atoms with E-state index in [1.165, 1.54) is 0 Å². The fraction of sp³-hybridized carbons (Fsp3) is 0.143. The van der Waals surface area contributed by atoms with Gasteiger partial charge >= 0.3 is 0 Å². The maximum Gasteiger partial charge on any atom is 0.256 e. The summed E-state index contributed by atoms with van der Waals surface area (Å²) >= 11 is 0. The van der Waals surface area contributed by atoms with Gasteiger partial charge in [0, 0.05) is 43.9 Å². The van der Waals surface area contributed by atoms with Crippen molar-refractivity contribution in [1.29, 1.82) is 0 Å². The molecule has 1 aliphatic rings. The number of carbonyl (C=O) groups excluding carboxylic acids is 1. The van der Waals surface area contributed by atoms with Crippen molar-refractivity contribution in [3.8, 4) is 11.1 Å². The smallest absolute Gasteiger partial charge is 0.256 e. The lowest BCUT2D eigenvalue weighted by Crippen LogP contribution is -2.26. The van der Waals surface area contributed by atoms with Gasteiger partial charge in [-0.1, -0.05) is 6.07 Å². The average Bonchev–Trinajstić information content (AvgIpc) is 3.27. The quantitative estimate of drug-likeness (QED) is 0.565. The van der Waals surface area contributed by atoms with Crippen LogP contribution in [0.2, 0.25) is 0 Å². The average molecular weight is 355 g/mol. The number of carbonyl (C=O) groups is 1. The minimum absolute atomic E-state index is 0.0358. The maximum atomic E-state index is 13.0. The van der Waals surface area contributed by atoms with Crippen LogP contribution in [0, 0.1) is 0 Å². The number of hydrogen-bond donors (Lipinski definition) is 0. The third kappa shape index (κ3) is 2.75. The van der Waals surface area contributed by atoms with Crippen molar-refractivity contribution in [3.05, 3.63) is 84.3 Å². The van der Waals surface area contributed by atoms with Crippen LogP contribution in [0.3, 0.4) is 0 Å². The summed E-state index contributed by atoms with van der Waals surface area (Å²) in [6, 6.07) is 11.7.